The summed E-state index contributed by atoms with van der Waals surface area (Å²) in [7, 11) is 0. The fourth-order valence-electron chi connectivity index (χ4n) is 1.21. The maximum Gasteiger partial charge on any atom is 0.229 e. The first-order valence-electron chi connectivity index (χ1n) is 4.69. The Hall–Kier alpha value is -1.58. The van der Waals surface area contributed by atoms with Gasteiger partial charge in [0.25, 0.3) is 0 Å². The highest BCUT2D eigenvalue weighted by Crippen LogP contribution is 2.11. The van der Waals surface area contributed by atoms with Gasteiger partial charge in [0.15, 0.2) is 5.82 Å². The van der Waals surface area contributed by atoms with Crippen molar-refractivity contribution in [1.29, 1.82) is 0 Å². The minimum absolute atomic E-state index is 0.293. The van der Waals surface area contributed by atoms with Gasteiger partial charge in [0.2, 0.25) is 5.89 Å². The lowest BCUT2D eigenvalue weighted by Gasteiger charge is -1.95. The van der Waals surface area contributed by atoms with Crippen molar-refractivity contribution in [2.75, 3.05) is 0 Å². The van der Waals surface area contributed by atoms with Crippen LogP contribution in [0.2, 0.25) is 0 Å². The fraction of sp³-hybridized carbons (Fsp3) is 0.400. The number of rotatable bonds is 3. The fourth-order valence-corrected chi connectivity index (χ4v) is 1.21. The summed E-state index contributed by atoms with van der Waals surface area (Å²) in [5.41, 5.74) is 0. The molecular formula is C10H13N3O. The Balaban J connectivity index is 2.11. The van der Waals surface area contributed by atoms with Crippen molar-refractivity contribution in [1.82, 2.24) is 14.7 Å². The monoisotopic (exact) mass is 191 g/mol. The van der Waals surface area contributed by atoms with Gasteiger partial charge < -0.3 is 9.09 Å². The van der Waals surface area contributed by atoms with Crippen molar-refractivity contribution >= 4 is 0 Å². The van der Waals surface area contributed by atoms with E-state index in [0.717, 1.165) is 5.82 Å². The first-order valence-corrected chi connectivity index (χ1v) is 4.69. The van der Waals surface area contributed by atoms with Crippen LogP contribution >= 0.6 is 0 Å². The van der Waals surface area contributed by atoms with E-state index >= 15 is 0 Å². The summed E-state index contributed by atoms with van der Waals surface area (Å²) in [5.74, 6) is 1.72. The van der Waals surface area contributed by atoms with E-state index in [1.165, 1.54) is 0 Å². The highest BCUT2D eigenvalue weighted by Gasteiger charge is 2.09. The van der Waals surface area contributed by atoms with Gasteiger partial charge in [0.1, 0.15) is 0 Å². The van der Waals surface area contributed by atoms with Crippen molar-refractivity contribution in [2.45, 2.75) is 26.3 Å². The molecule has 0 saturated carbocycles. The van der Waals surface area contributed by atoms with E-state index < -0.39 is 0 Å². The normalized spacial score (nSPS) is 11.1. The Kier molecular flexibility index (Phi) is 2.35. The predicted molar refractivity (Wildman–Crippen MR) is 51.9 cm³/mol. The molecule has 0 atom stereocenters. The van der Waals surface area contributed by atoms with E-state index in [-0.39, 0.29) is 0 Å². The molecule has 2 aromatic heterocycles. The molecule has 0 unspecified atom stereocenters. The standard InChI is InChI=1S/C10H13N3O/c1-8(2)10-11-9(12-14-10)7-13-5-3-4-6-13/h3-6,8H,7H2,1-2H3. The van der Waals surface area contributed by atoms with E-state index in [9.17, 15) is 0 Å². The number of hydrogen-bond acceptors (Lipinski definition) is 3. The third-order valence-corrected chi connectivity index (χ3v) is 1.97. The third-order valence-electron chi connectivity index (χ3n) is 1.97. The summed E-state index contributed by atoms with van der Waals surface area (Å²) >= 11 is 0. The molecule has 4 heteroatoms. The Bertz CT molecular complexity index is 389. The van der Waals surface area contributed by atoms with E-state index in [0.29, 0.717) is 18.4 Å². The molecule has 2 heterocycles. The minimum Gasteiger partial charge on any atom is -0.347 e. The molecule has 2 rings (SSSR count). The predicted octanol–water partition coefficient (Wildman–Crippen LogP) is 2.04. The van der Waals surface area contributed by atoms with Gasteiger partial charge in [-0.1, -0.05) is 19.0 Å². The van der Waals surface area contributed by atoms with Crippen LogP contribution in [0.3, 0.4) is 0 Å². The van der Waals surface area contributed by atoms with Crippen molar-refractivity contribution < 1.29 is 4.52 Å². The van der Waals surface area contributed by atoms with Crippen molar-refractivity contribution in [2.24, 2.45) is 0 Å². The lowest BCUT2D eigenvalue weighted by molar-refractivity contribution is 0.360. The zero-order valence-electron chi connectivity index (χ0n) is 8.34. The maximum atomic E-state index is 5.10. The molecule has 14 heavy (non-hydrogen) atoms. The van der Waals surface area contributed by atoms with Gasteiger partial charge in [-0.3, -0.25) is 0 Å². The van der Waals surface area contributed by atoms with Crippen LogP contribution in [-0.2, 0) is 6.54 Å². The lowest BCUT2D eigenvalue weighted by atomic mass is 10.2. The zero-order chi connectivity index (χ0) is 9.97. The molecule has 0 radical (unpaired) electrons. The summed E-state index contributed by atoms with van der Waals surface area (Å²) in [5, 5.41) is 3.91. The summed E-state index contributed by atoms with van der Waals surface area (Å²) in [6.07, 6.45) is 3.96. The highest BCUT2D eigenvalue weighted by atomic mass is 16.5. The SMILES string of the molecule is CC(C)c1nc(Cn2cccc2)no1. The van der Waals surface area contributed by atoms with Crippen LogP contribution in [0.4, 0.5) is 0 Å². The Morgan fingerprint density at radius 3 is 2.64 bits per heavy atom. The third kappa shape index (κ3) is 1.84. The summed E-state index contributed by atoms with van der Waals surface area (Å²) in [4.78, 5) is 4.29. The number of nitrogens with zero attached hydrogens (tertiary/aromatic N) is 3. The van der Waals surface area contributed by atoms with E-state index in [1.54, 1.807) is 0 Å². The molecule has 0 spiro atoms. The first kappa shape index (κ1) is 8.99. The Labute approximate surface area is 82.6 Å². The van der Waals surface area contributed by atoms with Crippen LogP contribution in [0.5, 0.6) is 0 Å². The van der Waals surface area contributed by atoms with Gasteiger partial charge in [0, 0.05) is 18.3 Å². The second-order valence-corrected chi connectivity index (χ2v) is 3.56. The van der Waals surface area contributed by atoms with E-state index in [1.807, 2.05) is 42.9 Å². The molecule has 4 nitrogen and oxygen atoms in total. The van der Waals surface area contributed by atoms with Crippen molar-refractivity contribution in [3.63, 3.8) is 0 Å². The Morgan fingerprint density at radius 2 is 2.07 bits per heavy atom. The molecule has 0 aliphatic heterocycles. The second-order valence-electron chi connectivity index (χ2n) is 3.56. The van der Waals surface area contributed by atoms with Crippen LogP contribution in [0, 0.1) is 0 Å². The summed E-state index contributed by atoms with van der Waals surface area (Å²) in [6, 6.07) is 3.95. The van der Waals surface area contributed by atoms with Crippen LogP contribution in [0.25, 0.3) is 0 Å². The van der Waals surface area contributed by atoms with Gasteiger partial charge in [-0.2, -0.15) is 4.98 Å². The molecule has 0 amide bonds. The molecule has 0 N–H and O–H groups in total. The number of hydrogen-bond donors (Lipinski definition) is 0. The molecule has 0 fully saturated rings. The topological polar surface area (TPSA) is 43.9 Å². The largest absolute Gasteiger partial charge is 0.347 e. The molecule has 74 valence electrons. The summed E-state index contributed by atoms with van der Waals surface area (Å²) in [6.45, 7) is 4.74. The van der Waals surface area contributed by atoms with Gasteiger partial charge in [0.05, 0.1) is 6.54 Å². The van der Waals surface area contributed by atoms with Gasteiger partial charge in [-0.25, -0.2) is 0 Å². The molecule has 0 aromatic carbocycles. The first-order chi connectivity index (χ1) is 6.75. The van der Waals surface area contributed by atoms with Crippen LogP contribution < -0.4 is 0 Å². The van der Waals surface area contributed by atoms with Gasteiger partial charge in [-0.05, 0) is 12.1 Å². The molecule has 0 saturated heterocycles. The van der Waals surface area contributed by atoms with Crippen LogP contribution in [0.1, 0.15) is 31.5 Å². The molecular weight excluding hydrogens is 178 g/mol. The van der Waals surface area contributed by atoms with E-state index in [4.69, 9.17) is 4.52 Å². The van der Waals surface area contributed by atoms with Crippen LogP contribution in [-0.4, -0.2) is 14.7 Å². The van der Waals surface area contributed by atoms with Gasteiger partial charge in [-0.15, -0.1) is 0 Å². The van der Waals surface area contributed by atoms with Crippen LogP contribution in [0.15, 0.2) is 29.0 Å². The molecule has 0 bridgehead atoms. The van der Waals surface area contributed by atoms with E-state index in [2.05, 4.69) is 10.1 Å². The smallest absolute Gasteiger partial charge is 0.229 e. The Morgan fingerprint density at radius 1 is 1.36 bits per heavy atom. The zero-order valence-corrected chi connectivity index (χ0v) is 8.34. The minimum atomic E-state index is 0.293. The van der Waals surface area contributed by atoms with Gasteiger partial charge >= 0.3 is 0 Å². The van der Waals surface area contributed by atoms with Crippen molar-refractivity contribution in [3.05, 3.63) is 36.2 Å². The molecule has 0 aliphatic carbocycles. The quantitative estimate of drug-likeness (QED) is 0.745. The second kappa shape index (κ2) is 3.65. The highest BCUT2D eigenvalue weighted by molar-refractivity contribution is 4.96. The molecule has 2 aromatic rings. The lowest BCUT2D eigenvalue weighted by Crippen LogP contribution is -1.98. The average molecular weight is 191 g/mol. The van der Waals surface area contributed by atoms with Crippen molar-refractivity contribution in [3.8, 4) is 0 Å². The maximum absolute atomic E-state index is 5.10. The number of aromatic nitrogens is 3. The molecule has 0 aliphatic rings. The summed E-state index contributed by atoms with van der Waals surface area (Å²) < 4.78 is 7.11. The average Bonchev–Trinajstić information content (AvgIpc) is 2.75.